The van der Waals surface area contributed by atoms with Crippen molar-refractivity contribution in [3.8, 4) is 0 Å². The average Bonchev–Trinajstić information content (AvgIpc) is 3.09. The highest BCUT2D eigenvalue weighted by molar-refractivity contribution is 8.18. The number of fused-ring (bicyclic) bond motifs is 1. The lowest BCUT2D eigenvalue weighted by molar-refractivity contribution is -0.116. The van der Waals surface area contributed by atoms with E-state index in [4.69, 9.17) is 11.6 Å². The highest BCUT2D eigenvalue weighted by Gasteiger charge is 2.38. The van der Waals surface area contributed by atoms with Crippen molar-refractivity contribution in [3.63, 3.8) is 0 Å². The van der Waals surface area contributed by atoms with E-state index in [9.17, 15) is 9.59 Å². The number of nitrogens with one attached hydrogen (secondary N) is 1. The first kappa shape index (κ1) is 17.8. The molecule has 1 saturated heterocycles. The van der Waals surface area contributed by atoms with Gasteiger partial charge in [0.25, 0.3) is 11.8 Å². The minimum Gasteiger partial charge on any atom is -0.311 e. The van der Waals surface area contributed by atoms with Crippen LogP contribution in [0.1, 0.15) is 16.7 Å². The number of aliphatic imine (C=N–C) groups is 1. The summed E-state index contributed by atoms with van der Waals surface area (Å²) in [6.07, 6.45) is 0. The molecule has 0 saturated carbocycles. The second kappa shape index (κ2) is 6.55. The molecule has 0 radical (unpaired) electrons. The molecule has 1 N–H and O–H groups in total. The predicted molar refractivity (Wildman–Crippen MR) is 111 cm³/mol. The monoisotopic (exact) mass is 397 g/mol. The van der Waals surface area contributed by atoms with Crippen LogP contribution in [-0.2, 0) is 9.59 Å². The van der Waals surface area contributed by atoms with E-state index in [0.717, 1.165) is 22.4 Å². The number of benzene rings is 2. The Hall–Kier alpha value is -2.57. The predicted octanol–water partition coefficient (Wildman–Crippen LogP) is 4.20. The number of hydrogen-bond acceptors (Lipinski definition) is 4. The zero-order valence-electron chi connectivity index (χ0n) is 15.0. The Morgan fingerprint density at radius 2 is 1.93 bits per heavy atom. The van der Waals surface area contributed by atoms with Gasteiger partial charge >= 0.3 is 0 Å². The Labute approximate surface area is 166 Å². The first-order valence-electron chi connectivity index (χ1n) is 8.33. The third-order valence-corrected chi connectivity index (χ3v) is 6.00. The number of rotatable bonds is 1. The number of hydrogen-bond donors (Lipinski definition) is 1. The molecule has 27 heavy (non-hydrogen) atoms. The SMILES string of the molecule is Cc1ccc2c(c1)C(=C1SC(=Nc3cccc(Cl)c3C)NC1=O)C(=O)N2C. The third-order valence-electron chi connectivity index (χ3n) is 4.61. The van der Waals surface area contributed by atoms with Gasteiger partial charge in [0, 0.05) is 17.6 Å². The molecule has 1 fully saturated rings. The van der Waals surface area contributed by atoms with Crippen molar-refractivity contribution in [2.24, 2.45) is 4.99 Å². The van der Waals surface area contributed by atoms with Crippen molar-refractivity contribution < 1.29 is 9.59 Å². The van der Waals surface area contributed by atoms with Crippen LogP contribution >= 0.6 is 23.4 Å². The van der Waals surface area contributed by atoms with Gasteiger partial charge in [0.2, 0.25) is 0 Å². The van der Waals surface area contributed by atoms with Gasteiger partial charge in [-0.25, -0.2) is 4.99 Å². The fraction of sp³-hybridized carbons (Fsp3) is 0.150. The molecule has 0 unspecified atom stereocenters. The van der Waals surface area contributed by atoms with Gasteiger partial charge in [0.05, 0.1) is 21.9 Å². The van der Waals surface area contributed by atoms with E-state index in [0.29, 0.717) is 26.4 Å². The number of carbonyl (C=O) groups excluding carboxylic acids is 2. The minimum atomic E-state index is -0.315. The van der Waals surface area contributed by atoms with Crippen LogP contribution in [0.3, 0.4) is 0 Å². The third kappa shape index (κ3) is 2.95. The molecule has 2 aromatic carbocycles. The topological polar surface area (TPSA) is 61.8 Å². The maximum absolute atomic E-state index is 12.8. The zero-order chi connectivity index (χ0) is 19.3. The molecule has 4 rings (SSSR count). The second-order valence-corrected chi connectivity index (χ2v) is 7.85. The molecule has 2 heterocycles. The lowest BCUT2D eigenvalue weighted by atomic mass is 10.0. The average molecular weight is 398 g/mol. The number of nitrogens with zero attached hydrogens (tertiary/aromatic N) is 2. The lowest BCUT2D eigenvalue weighted by Gasteiger charge is -2.08. The summed E-state index contributed by atoms with van der Waals surface area (Å²) in [6.45, 7) is 3.83. The molecule has 0 aromatic heterocycles. The summed E-state index contributed by atoms with van der Waals surface area (Å²) >= 11 is 7.32. The molecule has 0 bridgehead atoms. The molecular weight excluding hydrogens is 382 g/mol. The Morgan fingerprint density at radius 3 is 2.70 bits per heavy atom. The van der Waals surface area contributed by atoms with E-state index in [2.05, 4.69) is 10.3 Å². The number of anilines is 1. The summed E-state index contributed by atoms with van der Waals surface area (Å²) in [5, 5.41) is 3.81. The molecule has 2 aliphatic heterocycles. The highest BCUT2D eigenvalue weighted by atomic mass is 35.5. The van der Waals surface area contributed by atoms with Crippen LogP contribution in [0.4, 0.5) is 11.4 Å². The van der Waals surface area contributed by atoms with Crippen LogP contribution < -0.4 is 10.2 Å². The van der Waals surface area contributed by atoms with Gasteiger partial charge in [-0.1, -0.05) is 29.3 Å². The summed E-state index contributed by atoms with van der Waals surface area (Å²) in [6, 6.07) is 11.2. The van der Waals surface area contributed by atoms with E-state index < -0.39 is 0 Å². The van der Waals surface area contributed by atoms with Gasteiger partial charge in [0.1, 0.15) is 0 Å². The number of carbonyl (C=O) groups is 2. The van der Waals surface area contributed by atoms with Crippen LogP contribution in [0.2, 0.25) is 5.02 Å². The van der Waals surface area contributed by atoms with Crippen LogP contribution in [0.15, 0.2) is 46.3 Å². The summed E-state index contributed by atoms with van der Waals surface area (Å²) < 4.78 is 0. The summed E-state index contributed by atoms with van der Waals surface area (Å²) in [4.78, 5) is 31.8. The van der Waals surface area contributed by atoms with Crippen molar-refractivity contribution in [2.45, 2.75) is 13.8 Å². The molecule has 2 amide bonds. The van der Waals surface area contributed by atoms with Crippen LogP contribution in [-0.4, -0.2) is 24.0 Å². The van der Waals surface area contributed by atoms with Crippen LogP contribution in [0.25, 0.3) is 5.57 Å². The molecule has 136 valence electrons. The molecule has 0 spiro atoms. The molecule has 0 atom stereocenters. The number of thioether (sulfide) groups is 1. The highest BCUT2D eigenvalue weighted by Crippen LogP contribution is 2.42. The Bertz CT molecular complexity index is 1070. The lowest BCUT2D eigenvalue weighted by Crippen LogP contribution is -2.23. The van der Waals surface area contributed by atoms with Crippen molar-refractivity contribution >= 4 is 57.3 Å². The largest absolute Gasteiger partial charge is 0.311 e. The maximum Gasteiger partial charge on any atom is 0.264 e. The van der Waals surface area contributed by atoms with E-state index in [1.807, 2.05) is 44.2 Å². The van der Waals surface area contributed by atoms with Gasteiger partial charge in [0.15, 0.2) is 5.17 Å². The molecule has 2 aliphatic rings. The van der Waals surface area contributed by atoms with Gasteiger partial charge in [-0.2, -0.15) is 0 Å². The smallest absolute Gasteiger partial charge is 0.264 e. The van der Waals surface area contributed by atoms with E-state index in [-0.39, 0.29) is 11.8 Å². The summed E-state index contributed by atoms with van der Waals surface area (Å²) in [5.41, 5.74) is 4.55. The number of amides is 2. The number of aryl methyl sites for hydroxylation is 1. The van der Waals surface area contributed by atoms with Crippen molar-refractivity contribution in [1.29, 1.82) is 0 Å². The van der Waals surface area contributed by atoms with Gasteiger partial charge in [-0.15, -0.1) is 0 Å². The number of amidine groups is 1. The van der Waals surface area contributed by atoms with E-state index in [1.165, 1.54) is 11.8 Å². The first-order valence-corrected chi connectivity index (χ1v) is 9.52. The van der Waals surface area contributed by atoms with Crippen LogP contribution in [0.5, 0.6) is 0 Å². The van der Waals surface area contributed by atoms with E-state index in [1.54, 1.807) is 18.0 Å². The molecular formula is C20H16ClN3O2S. The quantitative estimate of drug-likeness (QED) is 0.734. The second-order valence-electron chi connectivity index (χ2n) is 6.45. The number of halogens is 1. The van der Waals surface area contributed by atoms with Gasteiger partial charge < -0.3 is 10.2 Å². The molecule has 5 nitrogen and oxygen atoms in total. The Morgan fingerprint density at radius 1 is 1.15 bits per heavy atom. The van der Waals surface area contributed by atoms with Crippen molar-refractivity contribution in [2.75, 3.05) is 11.9 Å². The minimum absolute atomic E-state index is 0.187. The fourth-order valence-corrected chi connectivity index (χ4v) is 4.21. The maximum atomic E-state index is 12.8. The zero-order valence-corrected chi connectivity index (χ0v) is 16.5. The van der Waals surface area contributed by atoms with Gasteiger partial charge in [-0.05, 0) is 55.4 Å². The van der Waals surface area contributed by atoms with Crippen molar-refractivity contribution in [3.05, 3.63) is 63.0 Å². The normalized spacial score (nSPS) is 20.4. The molecule has 2 aromatic rings. The fourth-order valence-electron chi connectivity index (χ4n) is 3.12. The summed E-state index contributed by atoms with van der Waals surface area (Å²) in [7, 11) is 1.71. The molecule has 7 heteroatoms. The van der Waals surface area contributed by atoms with E-state index >= 15 is 0 Å². The molecule has 0 aliphatic carbocycles. The van der Waals surface area contributed by atoms with Gasteiger partial charge in [-0.3, -0.25) is 9.59 Å². The Balaban J connectivity index is 1.79. The van der Waals surface area contributed by atoms with Crippen molar-refractivity contribution in [1.82, 2.24) is 5.32 Å². The Kier molecular flexibility index (Phi) is 4.32. The first-order chi connectivity index (χ1) is 12.9. The summed E-state index contributed by atoms with van der Waals surface area (Å²) in [5.74, 6) is -0.502. The number of likely N-dealkylation sites (N-methyl/N-ethyl adjacent to an activating group) is 1. The van der Waals surface area contributed by atoms with Crippen LogP contribution in [0, 0.1) is 13.8 Å². The standard InChI is InChI=1S/C20H16ClN3O2S/c1-10-7-8-15-12(9-10)16(19(26)24(15)3)17-18(25)23-20(27-17)22-14-6-4-5-13(21)11(14)2/h4-9H,1-3H3,(H,22,23,25).